The van der Waals surface area contributed by atoms with Crippen LogP contribution in [-0.2, 0) is 4.79 Å². The number of halogens is 3. The number of nitrogens with one attached hydrogen (secondary N) is 1. The lowest BCUT2D eigenvalue weighted by molar-refractivity contribution is -0.138. The lowest BCUT2D eigenvalue weighted by Crippen LogP contribution is -2.29. The van der Waals surface area contributed by atoms with Crippen LogP contribution in [0.2, 0.25) is 0 Å². The second-order valence-electron chi connectivity index (χ2n) is 3.48. The number of hydrogen-bond donors (Lipinski definition) is 2. The fourth-order valence-corrected chi connectivity index (χ4v) is 1.50. The minimum Gasteiger partial charge on any atom is -0.481 e. The topological polar surface area (TPSA) is 61.2 Å². The van der Waals surface area contributed by atoms with E-state index in [1.54, 1.807) is 6.07 Å². The lowest BCUT2D eigenvalue weighted by Gasteiger charge is -2.20. The number of benzene rings is 1. The molecule has 0 radical (unpaired) electrons. The van der Waals surface area contributed by atoms with Crippen molar-refractivity contribution in [3.05, 3.63) is 35.9 Å². The summed E-state index contributed by atoms with van der Waals surface area (Å²) in [6, 6.07) is 6.85. The molecule has 0 saturated carbocycles. The molecule has 0 fully saturated rings. The van der Waals surface area contributed by atoms with E-state index in [0.29, 0.717) is 0 Å². The highest BCUT2D eigenvalue weighted by Gasteiger charge is 2.43. The number of hydrogen-bond acceptors (Lipinski definition) is 2. The minimum atomic E-state index is -4.66. The van der Waals surface area contributed by atoms with Gasteiger partial charge in [0, 0.05) is 5.71 Å². The van der Waals surface area contributed by atoms with Crippen molar-refractivity contribution in [3.8, 4) is 0 Å². The normalized spacial score (nSPS) is 13.1. The molecule has 2 N–H and O–H groups in total. The summed E-state index contributed by atoms with van der Waals surface area (Å²) < 4.78 is 38.3. The van der Waals surface area contributed by atoms with Gasteiger partial charge in [0.2, 0.25) is 0 Å². The molecule has 0 spiro atoms. The van der Waals surface area contributed by atoms with Gasteiger partial charge in [-0.05, 0) is 5.56 Å². The Hall–Kier alpha value is -1.85. The Bertz CT molecular complexity index is 414. The van der Waals surface area contributed by atoms with Crippen LogP contribution in [0.4, 0.5) is 13.2 Å². The Morgan fingerprint density at radius 1 is 1.29 bits per heavy atom. The first-order valence-electron chi connectivity index (χ1n) is 4.73. The van der Waals surface area contributed by atoms with Crippen LogP contribution in [0.1, 0.15) is 17.9 Å². The number of rotatable bonds is 4. The van der Waals surface area contributed by atoms with E-state index in [2.05, 4.69) is 0 Å². The van der Waals surface area contributed by atoms with Crippen LogP contribution in [0.3, 0.4) is 0 Å². The van der Waals surface area contributed by atoms with Gasteiger partial charge in [-0.2, -0.15) is 13.2 Å². The van der Waals surface area contributed by atoms with Gasteiger partial charge in [-0.25, -0.2) is 0 Å². The van der Waals surface area contributed by atoms with E-state index in [1.807, 2.05) is 0 Å². The smallest absolute Gasteiger partial charge is 0.400 e. The van der Waals surface area contributed by atoms with E-state index >= 15 is 0 Å². The zero-order valence-corrected chi connectivity index (χ0v) is 8.66. The monoisotopic (exact) mass is 245 g/mol. The molecule has 0 heterocycles. The molecule has 3 nitrogen and oxygen atoms in total. The van der Waals surface area contributed by atoms with Crippen LogP contribution in [0.25, 0.3) is 0 Å². The quantitative estimate of drug-likeness (QED) is 0.801. The molecule has 0 aliphatic heterocycles. The summed E-state index contributed by atoms with van der Waals surface area (Å²) in [4.78, 5) is 10.4. The molecule has 92 valence electrons. The Labute approximate surface area is 95.4 Å². The second kappa shape index (κ2) is 4.99. The first-order chi connectivity index (χ1) is 7.82. The van der Waals surface area contributed by atoms with Crippen molar-refractivity contribution in [3.63, 3.8) is 0 Å². The van der Waals surface area contributed by atoms with Crippen molar-refractivity contribution < 1.29 is 23.1 Å². The van der Waals surface area contributed by atoms with Gasteiger partial charge in [-0.1, -0.05) is 30.3 Å². The number of alkyl halides is 3. The van der Waals surface area contributed by atoms with Gasteiger partial charge in [0.25, 0.3) is 0 Å². The van der Waals surface area contributed by atoms with Gasteiger partial charge >= 0.3 is 12.1 Å². The zero-order valence-electron chi connectivity index (χ0n) is 8.66. The lowest BCUT2D eigenvalue weighted by atomic mass is 9.92. The van der Waals surface area contributed by atoms with Gasteiger partial charge < -0.3 is 10.5 Å². The van der Waals surface area contributed by atoms with Crippen LogP contribution in [0.5, 0.6) is 0 Å². The summed E-state index contributed by atoms with van der Waals surface area (Å²) in [6.07, 6.45) is -5.58. The van der Waals surface area contributed by atoms with E-state index in [0.717, 1.165) is 0 Å². The Balaban J connectivity index is 3.06. The summed E-state index contributed by atoms with van der Waals surface area (Å²) in [6.45, 7) is 0. The van der Waals surface area contributed by atoms with Crippen molar-refractivity contribution in [2.45, 2.75) is 18.5 Å². The molecule has 1 aromatic rings. The van der Waals surface area contributed by atoms with Crippen molar-refractivity contribution in [2.24, 2.45) is 0 Å². The number of carbonyl (C=O) groups is 1. The van der Waals surface area contributed by atoms with Gasteiger partial charge in [-0.15, -0.1) is 0 Å². The molecule has 0 aromatic heterocycles. The highest BCUT2D eigenvalue weighted by atomic mass is 19.4. The number of carboxylic acid groups (broad SMARTS) is 1. The summed E-state index contributed by atoms with van der Waals surface area (Å²) in [5, 5.41) is 15.7. The molecule has 1 rings (SSSR count). The third-order valence-corrected chi connectivity index (χ3v) is 2.15. The Morgan fingerprint density at radius 3 is 2.24 bits per heavy atom. The van der Waals surface area contributed by atoms with Crippen LogP contribution < -0.4 is 0 Å². The van der Waals surface area contributed by atoms with Gasteiger partial charge in [0.1, 0.15) is 5.92 Å². The van der Waals surface area contributed by atoms with Gasteiger partial charge in [0.15, 0.2) is 0 Å². The van der Waals surface area contributed by atoms with E-state index in [4.69, 9.17) is 10.5 Å². The predicted molar refractivity (Wildman–Crippen MR) is 55.2 cm³/mol. The van der Waals surface area contributed by atoms with Crippen LogP contribution in [0.15, 0.2) is 30.3 Å². The highest BCUT2D eigenvalue weighted by molar-refractivity contribution is 6.00. The number of carboxylic acids is 1. The molecule has 1 aromatic carbocycles. The second-order valence-corrected chi connectivity index (χ2v) is 3.48. The van der Waals surface area contributed by atoms with Gasteiger partial charge in [-0.3, -0.25) is 4.79 Å². The van der Waals surface area contributed by atoms with Crippen LogP contribution in [-0.4, -0.2) is 23.0 Å². The Kier molecular flexibility index (Phi) is 3.88. The third-order valence-electron chi connectivity index (χ3n) is 2.15. The molecule has 1 atom stereocenters. The van der Waals surface area contributed by atoms with Crippen molar-refractivity contribution >= 4 is 11.7 Å². The summed E-state index contributed by atoms with van der Waals surface area (Å²) in [5.74, 6) is -3.60. The standard InChI is InChI=1S/C11H10F3NO2/c12-11(13,14)10(8(15)6-9(16)17)7-4-2-1-3-5-7/h1-5,10,15H,6H2,(H,16,17). The molecule has 0 saturated heterocycles. The van der Waals surface area contributed by atoms with Crippen LogP contribution in [0, 0.1) is 5.41 Å². The fraction of sp³-hybridized carbons (Fsp3) is 0.273. The molecule has 6 heteroatoms. The highest BCUT2D eigenvalue weighted by Crippen LogP contribution is 2.36. The number of aliphatic carboxylic acids is 1. The fourth-order valence-electron chi connectivity index (χ4n) is 1.50. The third kappa shape index (κ3) is 3.58. The van der Waals surface area contributed by atoms with Crippen molar-refractivity contribution in [2.75, 3.05) is 0 Å². The zero-order chi connectivity index (χ0) is 13.1. The molecular weight excluding hydrogens is 235 g/mol. The summed E-state index contributed by atoms with van der Waals surface area (Å²) >= 11 is 0. The van der Waals surface area contributed by atoms with Gasteiger partial charge in [0.05, 0.1) is 6.42 Å². The van der Waals surface area contributed by atoms with E-state index < -0.39 is 30.2 Å². The molecule has 17 heavy (non-hydrogen) atoms. The van der Waals surface area contributed by atoms with Crippen LogP contribution >= 0.6 is 0 Å². The molecule has 0 aliphatic rings. The van der Waals surface area contributed by atoms with E-state index in [1.165, 1.54) is 24.3 Å². The van der Waals surface area contributed by atoms with Crippen molar-refractivity contribution in [1.82, 2.24) is 0 Å². The van der Waals surface area contributed by atoms with E-state index in [-0.39, 0.29) is 5.56 Å². The maximum Gasteiger partial charge on any atom is 0.400 e. The predicted octanol–water partition coefficient (Wildman–Crippen LogP) is 2.83. The molecule has 0 amide bonds. The average molecular weight is 245 g/mol. The first-order valence-corrected chi connectivity index (χ1v) is 4.73. The largest absolute Gasteiger partial charge is 0.481 e. The molecular formula is C11H10F3NO2. The Morgan fingerprint density at radius 2 is 1.82 bits per heavy atom. The maximum absolute atomic E-state index is 12.8. The summed E-state index contributed by atoms with van der Waals surface area (Å²) in [7, 11) is 0. The summed E-state index contributed by atoms with van der Waals surface area (Å²) in [5.41, 5.74) is -0.984. The first kappa shape index (κ1) is 13.2. The maximum atomic E-state index is 12.8. The minimum absolute atomic E-state index is 0.119. The molecule has 0 bridgehead atoms. The SMILES string of the molecule is N=C(CC(=O)O)C(c1ccccc1)C(F)(F)F. The molecule has 0 aliphatic carbocycles. The van der Waals surface area contributed by atoms with Crippen molar-refractivity contribution in [1.29, 1.82) is 5.41 Å². The van der Waals surface area contributed by atoms with E-state index in [9.17, 15) is 18.0 Å². The average Bonchev–Trinajstić information content (AvgIpc) is 2.15. The molecule has 1 unspecified atom stereocenters.